The van der Waals surface area contributed by atoms with E-state index in [9.17, 15) is 9.59 Å². The maximum Gasteiger partial charge on any atom is 0.321 e. The molecule has 0 saturated carbocycles. The Bertz CT molecular complexity index is 1460. The van der Waals surface area contributed by atoms with Gasteiger partial charge < -0.3 is 24.4 Å². The van der Waals surface area contributed by atoms with Crippen molar-refractivity contribution >= 4 is 28.8 Å². The van der Waals surface area contributed by atoms with E-state index in [0.29, 0.717) is 18.7 Å². The van der Waals surface area contributed by atoms with Crippen molar-refractivity contribution in [1.82, 2.24) is 19.2 Å². The van der Waals surface area contributed by atoms with Crippen molar-refractivity contribution in [3.8, 4) is 11.3 Å². The van der Waals surface area contributed by atoms with E-state index in [1.54, 1.807) is 19.0 Å². The zero-order valence-corrected chi connectivity index (χ0v) is 22.4. The number of pyridine rings is 1. The van der Waals surface area contributed by atoms with Crippen LogP contribution in [0.4, 0.5) is 16.2 Å². The number of anilines is 2. The van der Waals surface area contributed by atoms with Crippen LogP contribution in [-0.2, 0) is 0 Å². The molecule has 0 aliphatic carbocycles. The van der Waals surface area contributed by atoms with Crippen LogP contribution in [0.25, 0.3) is 16.8 Å². The monoisotopic (exact) mass is 510 g/mol. The number of imidazole rings is 1. The van der Waals surface area contributed by atoms with Gasteiger partial charge in [0, 0.05) is 75.9 Å². The first-order valence-electron chi connectivity index (χ1n) is 12.9. The highest BCUT2D eigenvalue weighted by atomic mass is 16.2. The standard InChI is InChI=1S/C30H34N6O2/c1-33(2)25-15-13-24(14-16-25)31-30(38)35-17-8-11-23(20-35)28-32-27(26-12-5-6-18-36(26)28)21-9-7-10-22(19-21)29(37)34(3)4/h5-7,9-10,12-16,18-19,23H,8,11,17,20H2,1-4H3,(H,31,38)/t23-/m1/s1. The van der Waals surface area contributed by atoms with Gasteiger partial charge in [0.25, 0.3) is 5.91 Å². The Kier molecular flexibility index (Phi) is 7.05. The van der Waals surface area contributed by atoms with Gasteiger partial charge in [0.2, 0.25) is 0 Å². The minimum atomic E-state index is -0.0942. The Morgan fingerprint density at radius 3 is 2.50 bits per heavy atom. The summed E-state index contributed by atoms with van der Waals surface area (Å²) in [6.45, 7) is 1.30. The number of urea groups is 1. The molecule has 8 nitrogen and oxygen atoms in total. The number of benzene rings is 2. The summed E-state index contributed by atoms with van der Waals surface area (Å²) in [5.41, 5.74) is 5.23. The van der Waals surface area contributed by atoms with Crippen molar-refractivity contribution in [3.05, 3.63) is 84.3 Å². The first-order chi connectivity index (χ1) is 18.3. The number of rotatable bonds is 5. The number of fused-ring (bicyclic) bond motifs is 1. The van der Waals surface area contributed by atoms with Crippen molar-refractivity contribution in [2.45, 2.75) is 18.8 Å². The fraction of sp³-hybridized carbons (Fsp3) is 0.300. The van der Waals surface area contributed by atoms with E-state index in [1.165, 1.54) is 0 Å². The van der Waals surface area contributed by atoms with Gasteiger partial charge in [0.15, 0.2) is 0 Å². The summed E-state index contributed by atoms with van der Waals surface area (Å²) in [4.78, 5) is 36.3. The molecule has 8 heteroatoms. The average Bonchev–Trinajstić information content (AvgIpc) is 3.33. The normalized spacial score (nSPS) is 15.4. The summed E-state index contributed by atoms with van der Waals surface area (Å²) < 4.78 is 2.13. The van der Waals surface area contributed by atoms with E-state index in [1.807, 2.05) is 90.8 Å². The summed E-state index contributed by atoms with van der Waals surface area (Å²) in [5.74, 6) is 0.995. The Morgan fingerprint density at radius 2 is 1.76 bits per heavy atom. The first-order valence-corrected chi connectivity index (χ1v) is 12.9. The van der Waals surface area contributed by atoms with Gasteiger partial charge in [-0.05, 0) is 61.4 Å². The molecular formula is C30H34N6O2. The molecule has 0 bridgehead atoms. The van der Waals surface area contributed by atoms with Crippen LogP contribution in [0.15, 0.2) is 72.9 Å². The summed E-state index contributed by atoms with van der Waals surface area (Å²) in [6, 6.07) is 21.4. The van der Waals surface area contributed by atoms with E-state index in [2.05, 4.69) is 15.8 Å². The smallest absolute Gasteiger partial charge is 0.321 e. The Labute approximate surface area is 223 Å². The van der Waals surface area contributed by atoms with E-state index >= 15 is 0 Å². The van der Waals surface area contributed by atoms with Gasteiger partial charge in [-0.25, -0.2) is 9.78 Å². The van der Waals surface area contributed by atoms with Gasteiger partial charge >= 0.3 is 6.03 Å². The van der Waals surface area contributed by atoms with E-state index < -0.39 is 0 Å². The minimum Gasteiger partial charge on any atom is -0.378 e. The maximum absolute atomic E-state index is 13.2. The third-order valence-corrected chi connectivity index (χ3v) is 7.07. The van der Waals surface area contributed by atoms with Gasteiger partial charge in [-0.3, -0.25) is 4.79 Å². The number of amides is 3. The van der Waals surface area contributed by atoms with Crippen LogP contribution in [-0.4, -0.2) is 72.4 Å². The summed E-state index contributed by atoms with van der Waals surface area (Å²) in [6.07, 6.45) is 3.89. The molecule has 1 fully saturated rings. The SMILES string of the molecule is CN(C)C(=O)c1cccc(-c2nc([C@@H]3CCCN(C(=O)Nc4ccc(N(C)C)cc4)C3)n3ccccc23)c1. The van der Waals surface area contributed by atoms with Crippen molar-refractivity contribution in [3.63, 3.8) is 0 Å². The van der Waals surface area contributed by atoms with Crippen LogP contribution in [0.1, 0.15) is 34.9 Å². The molecule has 38 heavy (non-hydrogen) atoms. The molecule has 0 unspecified atom stereocenters. The number of nitrogens with one attached hydrogen (secondary N) is 1. The molecule has 2 aromatic heterocycles. The molecular weight excluding hydrogens is 476 g/mol. The predicted octanol–water partition coefficient (Wildman–Crippen LogP) is 5.18. The molecule has 1 saturated heterocycles. The molecule has 3 heterocycles. The second-order valence-corrected chi connectivity index (χ2v) is 10.2. The lowest BCUT2D eigenvalue weighted by atomic mass is 9.97. The van der Waals surface area contributed by atoms with E-state index in [0.717, 1.165) is 46.8 Å². The van der Waals surface area contributed by atoms with Gasteiger partial charge in [-0.2, -0.15) is 0 Å². The van der Waals surface area contributed by atoms with Crippen LogP contribution < -0.4 is 10.2 Å². The van der Waals surface area contributed by atoms with Crippen molar-refractivity contribution < 1.29 is 9.59 Å². The number of carbonyl (C=O) groups excluding carboxylic acids is 2. The van der Waals surface area contributed by atoms with Gasteiger partial charge in [-0.15, -0.1) is 0 Å². The minimum absolute atomic E-state index is 0.0409. The summed E-state index contributed by atoms with van der Waals surface area (Å²) >= 11 is 0. The van der Waals surface area contributed by atoms with Crippen LogP contribution in [0.2, 0.25) is 0 Å². The zero-order valence-electron chi connectivity index (χ0n) is 22.4. The number of piperidine rings is 1. The van der Waals surface area contributed by atoms with Crippen LogP contribution in [0.5, 0.6) is 0 Å². The van der Waals surface area contributed by atoms with Crippen LogP contribution >= 0.6 is 0 Å². The van der Waals surface area contributed by atoms with E-state index in [4.69, 9.17) is 4.98 Å². The molecule has 1 atom stereocenters. The number of aromatic nitrogens is 2. The van der Waals surface area contributed by atoms with Gasteiger partial charge in [0.1, 0.15) is 5.82 Å². The lowest BCUT2D eigenvalue weighted by Crippen LogP contribution is -2.42. The lowest BCUT2D eigenvalue weighted by molar-refractivity contribution is 0.0827. The Morgan fingerprint density at radius 1 is 0.974 bits per heavy atom. The predicted molar refractivity (Wildman–Crippen MR) is 152 cm³/mol. The molecule has 1 N–H and O–H groups in total. The van der Waals surface area contributed by atoms with Crippen molar-refractivity contribution in [2.24, 2.45) is 0 Å². The third kappa shape index (κ3) is 5.07. The second kappa shape index (κ2) is 10.6. The summed E-state index contributed by atoms with van der Waals surface area (Å²) in [5, 5.41) is 3.05. The molecule has 1 aliphatic heterocycles. The number of nitrogens with zero attached hydrogens (tertiary/aromatic N) is 5. The molecule has 0 radical (unpaired) electrons. The number of likely N-dealkylation sites (tertiary alicyclic amines) is 1. The quantitative estimate of drug-likeness (QED) is 0.402. The average molecular weight is 511 g/mol. The van der Waals surface area contributed by atoms with Crippen LogP contribution in [0, 0.1) is 0 Å². The Hall–Kier alpha value is -4.33. The number of hydrogen-bond acceptors (Lipinski definition) is 4. The highest BCUT2D eigenvalue weighted by Crippen LogP contribution is 2.33. The highest BCUT2D eigenvalue weighted by Gasteiger charge is 2.29. The Balaban J connectivity index is 1.40. The maximum atomic E-state index is 13.2. The lowest BCUT2D eigenvalue weighted by Gasteiger charge is -2.32. The van der Waals surface area contributed by atoms with Gasteiger partial charge in [0.05, 0.1) is 11.2 Å². The largest absolute Gasteiger partial charge is 0.378 e. The molecule has 5 rings (SSSR count). The number of hydrogen-bond donors (Lipinski definition) is 1. The molecule has 1 aliphatic rings. The molecule has 0 spiro atoms. The van der Waals surface area contributed by atoms with Crippen molar-refractivity contribution in [1.29, 1.82) is 0 Å². The highest BCUT2D eigenvalue weighted by molar-refractivity contribution is 5.95. The van der Waals surface area contributed by atoms with Gasteiger partial charge in [-0.1, -0.05) is 18.2 Å². The molecule has 4 aromatic rings. The first kappa shape index (κ1) is 25.3. The topological polar surface area (TPSA) is 73.2 Å². The van der Waals surface area contributed by atoms with Crippen molar-refractivity contribution in [2.75, 3.05) is 51.5 Å². The number of carbonyl (C=O) groups is 2. The molecule has 3 amide bonds. The third-order valence-electron chi connectivity index (χ3n) is 7.07. The second-order valence-electron chi connectivity index (χ2n) is 10.2. The zero-order chi connectivity index (χ0) is 26.8. The fourth-order valence-corrected chi connectivity index (χ4v) is 5.04. The summed E-state index contributed by atoms with van der Waals surface area (Å²) in [7, 11) is 7.49. The van der Waals surface area contributed by atoms with Crippen LogP contribution in [0.3, 0.4) is 0 Å². The van der Waals surface area contributed by atoms with E-state index in [-0.39, 0.29) is 17.9 Å². The fourth-order valence-electron chi connectivity index (χ4n) is 5.04. The molecule has 2 aromatic carbocycles. The molecule has 196 valence electrons.